The van der Waals surface area contributed by atoms with Crippen molar-refractivity contribution in [1.29, 1.82) is 0 Å². The minimum Gasteiger partial charge on any atom is -0.330 e. The summed E-state index contributed by atoms with van der Waals surface area (Å²) in [6.45, 7) is 1.63. The van der Waals surface area contributed by atoms with Crippen LogP contribution in [0.25, 0.3) is 0 Å². The van der Waals surface area contributed by atoms with E-state index in [2.05, 4.69) is 12.2 Å². The highest BCUT2D eigenvalue weighted by molar-refractivity contribution is 5.85. The summed E-state index contributed by atoms with van der Waals surface area (Å²) >= 11 is 0. The molecular weight excluding hydrogens is 184 g/mol. The van der Waals surface area contributed by atoms with Crippen molar-refractivity contribution in [3.8, 4) is 0 Å². The normalized spacial score (nSPS) is 41.7. The lowest BCUT2D eigenvalue weighted by molar-refractivity contribution is 0.134. The van der Waals surface area contributed by atoms with Crippen LogP contribution in [0.1, 0.15) is 12.8 Å². The first-order chi connectivity index (χ1) is 5.86. The van der Waals surface area contributed by atoms with Crippen LogP contribution in [0.15, 0.2) is 12.2 Å². The highest BCUT2D eigenvalue weighted by atomic mass is 35.5. The summed E-state index contributed by atoms with van der Waals surface area (Å²) in [6, 6.07) is 0. The molecule has 3 aliphatic rings. The molecule has 13 heavy (non-hydrogen) atoms. The summed E-state index contributed by atoms with van der Waals surface area (Å²) in [6.07, 6.45) is 7.38. The molecule has 0 heterocycles. The predicted molar refractivity (Wildman–Crippen MR) is 57.7 cm³/mol. The average Bonchev–Trinajstić information content (AvgIpc) is 2.18. The van der Waals surface area contributed by atoms with Crippen molar-refractivity contribution < 1.29 is 0 Å². The van der Waals surface area contributed by atoms with Crippen LogP contribution < -0.4 is 11.5 Å². The van der Waals surface area contributed by atoms with E-state index < -0.39 is 0 Å². The maximum absolute atomic E-state index is 5.77. The van der Waals surface area contributed by atoms with Gasteiger partial charge in [0.25, 0.3) is 0 Å². The van der Waals surface area contributed by atoms with E-state index in [1.54, 1.807) is 0 Å². The van der Waals surface area contributed by atoms with Crippen LogP contribution >= 0.6 is 12.4 Å². The molecule has 0 aromatic rings. The summed E-state index contributed by atoms with van der Waals surface area (Å²) in [4.78, 5) is 0. The fourth-order valence-electron chi connectivity index (χ4n) is 2.91. The van der Waals surface area contributed by atoms with Crippen molar-refractivity contribution in [2.45, 2.75) is 12.8 Å². The van der Waals surface area contributed by atoms with Gasteiger partial charge < -0.3 is 11.5 Å². The number of fused-ring (bicyclic) bond motifs is 2. The Hall–Kier alpha value is -0.0500. The molecule has 2 bridgehead atoms. The van der Waals surface area contributed by atoms with E-state index in [-0.39, 0.29) is 12.4 Å². The topological polar surface area (TPSA) is 52.0 Å². The number of nitrogens with two attached hydrogens (primary N) is 2. The quantitative estimate of drug-likeness (QED) is 0.661. The Morgan fingerprint density at radius 3 is 1.54 bits per heavy atom. The van der Waals surface area contributed by atoms with Crippen LogP contribution in [0.2, 0.25) is 0 Å². The van der Waals surface area contributed by atoms with E-state index in [9.17, 15) is 0 Å². The third kappa shape index (κ3) is 1.76. The first-order valence-corrected chi connectivity index (χ1v) is 4.95. The van der Waals surface area contributed by atoms with Crippen molar-refractivity contribution in [1.82, 2.24) is 0 Å². The third-order valence-corrected chi connectivity index (χ3v) is 3.63. The molecular formula is C10H19ClN2. The second-order valence-corrected chi connectivity index (χ2v) is 4.09. The van der Waals surface area contributed by atoms with Gasteiger partial charge in [-0.25, -0.2) is 0 Å². The third-order valence-electron chi connectivity index (χ3n) is 3.63. The summed E-state index contributed by atoms with van der Waals surface area (Å²) in [5, 5.41) is 0. The molecule has 0 aromatic carbocycles. The molecule has 2 nitrogen and oxygen atoms in total. The Labute approximate surface area is 86.2 Å². The van der Waals surface area contributed by atoms with Crippen LogP contribution in [0.5, 0.6) is 0 Å². The van der Waals surface area contributed by atoms with E-state index >= 15 is 0 Å². The van der Waals surface area contributed by atoms with Gasteiger partial charge in [0.05, 0.1) is 0 Å². The van der Waals surface area contributed by atoms with Crippen molar-refractivity contribution >= 4 is 12.4 Å². The zero-order chi connectivity index (χ0) is 8.55. The molecule has 3 rings (SSSR count). The first-order valence-electron chi connectivity index (χ1n) is 4.95. The predicted octanol–water partition coefficient (Wildman–Crippen LogP) is 1.15. The first kappa shape index (κ1) is 11.0. The lowest BCUT2D eigenvalue weighted by Gasteiger charge is -2.44. The van der Waals surface area contributed by atoms with Crippen LogP contribution in [0.4, 0.5) is 0 Å². The Kier molecular flexibility index (Phi) is 3.77. The molecule has 0 aromatic heterocycles. The average molecular weight is 203 g/mol. The van der Waals surface area contributed by atoms with Gasteiger partial charge in [-0.15, -0.1) is 12.4 Å². The largest absolute Gasteiger partial charge is 0.330 e. The van der Waals surface area contributed by atoms with E-state index in [0.29, 0.717) is 11.8 Å². The summed E-state index contributed by atoms with van der Waals surface area (Å²) in [5.74, 6) is 2.79. The fourth-order valence-corrected chi connectivity index (χ4v) is 2.91. The van der Waals surface area contributed by atoms with E-state index in [1.807, 2.05) is 0 Å². The molecule has 4 N–H and O–H groups in total. The molecule has 0 amide bonds. The zero-order valence-electron chi connectivity index (χ0n) is 7.86. The van der Waals surface area contributed by atoms with Gasteiger partial charge in [0, 0.05) is 0 Å². The van der Waals surface area contributed by atoms with Crippen molar-refractivity contribution in [3.05, 3.63) is 12.2 Å². The fraction of sp³-hybridized carbons (Fsp3) is 0.800. The standard InChI is InChI=1S/C10H18N2.ClH/c11-5-9-7-1-2-8(4-3-7)10(9)6-12;/h1-2,7-10H,3-6,11-12H2;1H/t7-,8-,9+,10+;/m1./s1. The Balaban J connectivity index is 0.000000845. The summed E-state index contributed by atoms with van der Waals surface area (Å²) in [7, 11) is 0. The molecule has 3 heteroatoms. The van der Waals surface area contributed by atoms with Gasteiger partial charge in [0.2, 0.25) is 0 Å². The van der Waals surface area contributed by atoms with Crippen LogP contribution in [0, 0.1) is 23.7 Å². The van der Waals surface area contributed by atoms with Gasteiger partial charge in [0.1, 0.15) is 0 Å². The molecule has 4 atom stereocenters. The molecule has 0 unspecified atom stereocenters. The van der Waals surface area contributed by atoms with Crippen molar-refractivity contribution in [2.24, 2.45) is 35.1 Å². The molecule has 0 aliphatic heterocycles. The van der Waals surface area contributed by atoms with E-state index in [4.69, 9.17) is 11.5 Å². The smallest absolute Gasteiger partial charge is 0.00399 e. The molecule has 1 saturated carbocycles. The number of hydrogen-bond donors (Lipinski definition) is 2. The molecule has 0 saturated heterocycles. The van der Waals surface area contributed by atoms with Crippen LogP contribution in [-0.2, 0) is 0 Å². The highest BCUT2D eigenvalue weighted by Crippen LogP contribution is 2.43. The Bertz CT molecular complexity index is 173. The minimum absolute atomic E-state index is 0. The molecule has 0 spiro atoms. The number of rotatable bonds is 2. The van der Waals surface area contributed by atoms with Gasteiger partial charge in [-0.3, -0.25) is 0 Å². The molecule has 3 aliphatic carbocycles. The number of halogens is 1. The summed E-state index contributed by atoms with van der Waals surface area (Å²) < 4.78 is 0. The Morgan fingerprint density at radius 2 is 1.31 bits per heavy atom. The van der Waals surface area contributed by atoms with Gasteiger partial charge in [-0.2, -0.15) is 0 Å². The molecule has 0 radical (unpaired) electrons. The lowest BCUT2D eigenvalue weighted by Crippen LogP contribution is -2.44. The monoisotopic (exact) mass is 202 g/mol. The van der Waals surface area contributed by atoms with E-state index in [0.717, 1.165) is 24.9 Å². The van der Waals surface area contributed by atoms with Gasteiger partial charge in [-0.05, 0) is 49.6 Å². The minimum atomic E-state index is 0. The number of allylic oxidation sites excluding steroid dienone is 2. The van der Waals surface area contributed by atoms with Gasteiger partial charge in [0.15, 0.2) is 0 Å². The zero-order valence-corrected chi connectivity index (χ0v) is 8.67. The van der Waals surface area contributed by atoms with Crippen molar-refractivity contribution in [3.63, 3.8) is 0 Å². The van der Waals surface area contributed by atoms with Crippen LogP contribution in [0.3, 0.4) is 0 Å². The highest BCUT2D eigenvalue weighted by Gasteiger charge is 2.38. The SMILES string of the molecule is Cl.NC[C@@H]1[C@@H](CN)[C@@H]2C=C[C@@H]1CC2. The van der Waals surface area contributed by atoms with Crippen LogP contribution in [-0.4, -0.2) is 13.1 Å². The van der Waals surface area contributed by atoms with Gasteiger partial charge >= 0.3 is 0 Å². The lowest BCUT2D eigenvalue weighted by atomic mass is 9.62. The maximum Gasteiger partial charge on any atom is -0.00399 e. The Morgan fingerprint density at radius 1 is 0.923 bits per heavy atom. The molecule has 1 fully saturated rings. The van der Waals surface area contributed by atoms with Crippen molar-refractivity contribution in [2.75, 3.05) is 13.1 Å². The summed E-state index contributed by atoms with van der Waals surface area (Å²) in [5.41, 5.74) is 11.5. The van der Waals surface area contributed by atoms with Gasteiger partial charge in [-0.1, -0.05) is 12.2 Å². The second-order valence-electron chi connectivity index (χ2n) is 4.09. The van der Waals surface area contributed by atoms with E-state index in [1.165, 1.54) is 12.8 Å². The maximum atomic E-state index is 5.77. The second kappa shape index (κ2) is 4.45. The molecule has 76 valence electrons. The number of hydrogen-bond acceptors (Lipinski definition) is 2.